The van der Waals surface area contributed by atoms with Crippen molar-refractivity contribution in [3.63, 3.8) is 0 Å². The summed E-state index contributed by atoms with van der Waals surface area (Å²) >= 11 is 0. The molecule has 0 fully saturated rings. The summed E-state index contributed by atoms with van der Waals surface area (Å²) in [5.74, 6) is 1.70. The average Bonchev–Trinajstić information content (AvgIpc) is 2.35. The van der Waals surface area contributed by atoms with Gasteiger partial charge in [-0.05, 0) is 37.6 Å². The highest BCUT2D eigenvalue weighted by Gasteiger charge is 2.05. The Balaban J connectivity index is 2.18. The van der Waals surface area contributed by atoms with Crippen LogP contribution in [-0.4, -0.2) is 19.7 Å². The van der Waals surface area contributed by atoms with Gasteiger partial charge in [-0.25, -0.2) is 0 Å². The molecule has 1 aromatic rings. The summed E-state index contributed by atoms with van der Waals surface area (Å²) in [6, 6.07) is 10.0. The van der Waals surface area contributed by atoms with Crippen LogP contribution in [0.25, 0.3) is 0 Å². The minimum atomic E-state index is 0.726. The van der Waals surface area contributed by atoms with Gasteiger partial charge in [-0.3, -0.25) is 0 Å². The van der Waals surface area contributed by atoms with Crippen LogP contribution >= 0.6 is 0 Å². The van der Waals surface area contributed by atoms with E-state index < -0.39 is 0 Å². The number of ether oxygens (including phenoxy) is 1. The molecule has 1 rings (SSSR count). The number of para-hydroxylation sites is 1. The van der Waals surface area contributed by atoms with Gasteiger partial charge in [-0.1, -0.05) is 38.5 Å². The highest BCUT2D eigenvalue weighted by Crippen LogP contribution is 2.11. The van der Waals surface area contributed by atoms with E-state index >= 15 is 0 Å². The molecule has 16 heavy (non-hydrogen) atoms. The largest absolute Gasteiger partial charge is 0.494 e. The van der Waals surface area contributed by atoms with Gasteiger partial charge in [0.25, 0.3) is 0 Å². The summed E-state index contributed by atoms with van der Waals surface area (Å²) in [7, 11) is 0. The first-order valence-corrected chi connectivity index (χ1v) is 6.25. The minimum absolute atomic E-state index is 0.726. The Morgan fingerprint density at radius 2 is 1.94 bits per heavy atom. The second-order valence-corrected chi connectivity index (χ2v) is 4.03. The Morgan fingerprint density at radius 3 is 2.56 bits per heavy atom. The first-order chi connectivity index (χ1) is 7.86. The Labute approximate surface area is 99.0 Å². The second kappa shape index (κ2) is 8.17. The molecule has 0 aliphatic rings. The number of nitrogens with one attached hydrogen (secondary N) is 1. The van der Waals surface area contributed by atoms with Crippen molar-refractivity contribution in [2.24, 2.45) is 5.92 Å². The predicted octanol–water partition coefficient (Wildman–Crippen LogP) is 3.09. The standard InChI is InChI=1S/C14H23NO/c1-3-13(12-15-4-2)10-11-16-14-8-6-5-7-9-14/h5-9,13,15H,3-4,10-12H2,1-2H3. The normalized spacial score (nSPS) is 12.4. The number of hydrogen-bond donors (Lipinski definition) is 1. The molecule has 0 aliphatic heterocycles. The molecule has 1 aromatic carbocycles. The van der Waals surface area contributed by atoms with E-state index in [0.29, 0.717) is 0 Å². The third-order valence-corrected chi connectivity index (χ3v) is 2.80. The Bertz CT molecular complexity index is 261. The van der Waals surface area contributed by atoms with E-state index in [2.05, 4.69) is 19.2 Å². The van der Waals surface area contributed by atoms with Crippen LogP contribution in [0.2, 0.25) is 0 Å². The first-order valence-electron chi connectivity index (χ1n) is 6.25. The van der Waals surface area contributed by atoms with Crippen molar-refractivity contribution >= 4 is 0 Å². The first kappa shape index (κ1) is 13.0. The average molecular weight is 221 g/mol. The van der Waals surface area contributed by atoms with E-state index in [1.165, 1.54) is 6.42 Å². The lowest BCUT2D eigenvalue weighted by molar-refractivity contribution is 0.271. The fraction of sp³-hybridized carbons (Fsp3) is 0.571. The fourth-order valence-electron chi connectivity index (χ4n) is 1.66. The van der Waals surface area contributed by atoms with Crippen LogP contribution in [0.4, 0.5) is 0 Å². The van der Waals surface area contributed by atoms with Gasteiger partial charge in [0.15, 0.2) is 0 Å². The fourth-order valence-corrected chi connectivity index (χ4v) is 1.66. The van der Waals surface area contributed by atoms with Crippen LogP contribution in [-0.2, 0) is 0 Å². The molecule has 2 nitrogen and oxygen atoms in total. The third-order valence-electron chi connectivity index (χ3n) is 2.80. The molecule has 1 atom stereocenters. The molecule has 2 heteroatoms. The molecule has 0 radical (unpaired) electrons. The molecule has 0 aromatic heterocycles. The van der Waals surface area contributed by atoms with E-state index in [4.69, 9.17) is 4.74 Å². The highest BCUT2D eigenvalue weighted by molar-refractivity contribution is 5.20. The number of hydrogen-bond acceptors (Lipinski definition) is 2. The van der Waals surface area contributed by atoms with Crippen LogP contribution in [0.3, 0.4) is 0 Å². The topological polar surface area (TPSA) is 21.3 Å². The maximum atomic E-state index is 5.69. The van der Waals surface area contributed by atoms with E-state index in [-0.39, 0.29) is 0 Å². The lowest BCUT2D eigenvalue weighted by atomic mass is 10.0. The van der Waals surface area contributed by atoms with E-state index in [9.17, 15) is 0 Å². The molecule has 90 valence electrons. The van der Waals surface area contributed by atoms with Crippen molar-refractivity contribution in [3.05, 3.63) is 30.3 Å². The monoisotopic (exact) mass is 221 g/mol. The Morgan fingerprint density at radius 1 is 1.19 bits per heavy atom. The van der Waals surface area contributed by atoms with Crippen LogP contribution in [0, 0.1) is 5.92 Å². The number of rotatable bonds is 8. The zero-order valence-corrected chi connectivity index (χ0v) is 10.4. The van der Waals surface area contributed by atoms with Gasteiger partial charge in [-0.2, -0.15) is 0 Å². The van der Waals surface area contributed by atoms with Crippen molar-refractivity contribution < 1.29 is 4.74 Å². The van der Waals surface area contributed by atoms with Crippen molar-refractivity contribution in [2.45, 2.75) is 26.7 Å². The van der Waals surface area contributed by atoms with Gasteiger partial charge in [0.2, 0.25) is 0 Å². The molecule has 0 heterocycles. The molecule has 0 aliphatic carbocycles. The van der Waals surface area contributed by atoms with Gasteiger partial charge in [-0.15, -0.1) is 0 Å². The van der Waals surface area contributed by atoms with Gasteiger partial charge < -0.3 is 10.1 Å². The summed E-state index contributed by atoms with van der Waals surface area (Å²) in [5.41, 5.74) is 0. The number of benzene rings is 1. The summed E-state index contributed by atoms with van der Waals surface area (Å²) in [6.07, 6.45) is 2.34. The van der Waals surface area contributed by atoms with Crippen LogP contribution in [0.5, 0.6) is 5.75 Å². The smallest absolute Gasteiger partial charge is 0.119 e. The SMILES string of the molecule is CCNCC(CC)CCOc1ccccc1. The molecular formula is C14H23NO. The van der Waals surface area contributed by atoms with E-state index in [1.807, 2.05) is 30.3 Å². The van der Waals surface area contributed by atoms with Crippen molar-refractivity contribution in [1.82, 2.24) is 5.32 Å². The molecule has 0 spiro atoms. The molecule has 1 unspecified atom stereocenters. The van der Waals surface area contributed by atoms with E-state index in [1.54, 1.807) is 0 Å². The quantitative estimate of drug-likeness (QED) is 0.728. The lowest BCUT2D eigenvalue weighted by Crippen LogP contribution is -2.23. The van der Waals surface area contributed by atoms with Crippen molar-refractivity contribution in [3.8, 4) is 5.75 Å². The van der Waals surface area contributed by atoms with Crippen LogP contribution in [0.15, 0.2) is 30.3 Å². The van der Waals surface area contributed by atoms with Gasteiger partial charge in [0.05, 0.1) is 6.61 Å². The third kappa shape index (κ3) is 5.17. The van der Waals surface area contributed by atoms with Crippen molar-refractivity contribution in [1.29, 1.82) is 0 Å². The van der Waals surface area contributed by atoms with Crippen molar-refractivity contribution in [2.75, 3.05) is 19.7 Å². The molecular weight excluding hydrogens is 198 g/mol. The van der Waals surface area contributed by atoms with Crippen LogP contribution in [0.1, 0.15) is 26.7 Å². The highest BCUT2D eigenvalue weighted by atomic mass is 16.5. The van der Waals surface area contributed by atoms with Crippen LogP contribution < -0.4 is 10.1 Å². The van der Waals surface area contributed by atoms with Gasteiger partial charge in [0.1, 0.15) is 5.75 Å². The minimum Gasteiger partial charge on any atom is -0.494 e. The summed E-state index contributed by atoms with van der Waals surface area (Å²) in [4.78, 5) is 0. The van der Waals surface area contributed by atoms with E-state index in [0.717, 1.165) is 37.8 Å². The van der Waals surface area contributed by atoms with Gasteiger partial charge >= 0.3 is 0 Å². The van der Waals surface area contributed by atoms with Gasteiger partial charge in [0, 0.05) is 0 Å². The zero-order chi connectivity index (χ0) is 11.6. The lowest BCUT2D eigenvalue weighted by Gasteiger charge is -2.15. The molecule has 0 amide bonds. The molecule has 0 saturated carbocycles. The molecule has 0 bridgehead atoms. The summed E-state index contributed by atoms with van der Waals surface area (Å²) < 4.78 is 5.69. The molecule has 0 saturated heterocycles. The Kier molecular flexibility index (Phi) is 6.66. The predicted molar refractivity (Wildman–Crippen MR) is 68.9 cm³/mol. The summed E-state index contributed by atoms with van der Waals surface area (Å²) in [6.45, 7) is 7.35. The maximum Gasteiger partial charge on any atom is 0.119 e. The summed E-state index contributed by atoms with van der Waals surface area (Å²) in [5, 5.41) is 3.39. The zero-order valence-electron chi connectivity index (χ0n) is 10.4. The second-order valence-electron chi connectivity index (χ2n) is 4.03. The molecule has 1 N–H and O–H groups in total. The Hall–Kier alpha value is -1.02. The maximum absolute atomic E-state index is 5.69.